The minimum atomic E-state index is -0.257. The number of para-hydroxylation sites is 2. The van der Waals surface area contributed by atoms with E-state index in [4.69, 9.17) is 22.6 Å². The molecule has 0 spiro atoms. The first-order valence-electron chi connectivity index (χ1n) is 9.47. The van der Waals surface area contributed by atoms with Gasteiger partial charge in [0.2, 0.25) is 0 Å². The summed E-state index contributed by atoms with van der Waals surface area (Å²) in [6.45, 7) is 14.1. The van der Waals surface area contributed by atoms with Crippen molar-refractivity contribution in [2.75, 3.05) is 20.1 Å². The van der Waals surface area contributed by atoms with Gasteiger partial charge in [-0.1, -0.05) is 30.7 Å². The van der Waals surface area contributed by atoms with Crippen molar-refractivity contribution in [2.45, 2.75) is 46.8 Å². The quantitative estimate of drug-likeness (QED) is 0.366. The molecule has 0 saturated heterocycles. The molecule has 0 N–H and O–H groups in total. The highest BCUT2D eigenvalue weighted by Crippen LogP contribution is 2.47. The normalized spacial score (nSPS) is 14.5. The number of hydrogen-bond donors (Lipinski definition) is 0. The van der Waals surface area contributed by atoms with Gasteiger partial charge in [0, 0.05) is 12.8 Å². The first kappa shape index (κ1) is 23.0. The van der Waals surface area contributed by atoms with Gasteiger partial charge in [0.15, 0.2) is 0 Å². The van der Waals surface area contributed by atoms with E-state index in [0.29, 0.717) is 5.88 Å². The van der Waals surface area contributed by atoms with Gasteiger partial charge in [-0.2, -0.15) is 0 Å². The summed E-state index contributed by atoms with van der Waals surface area (Å²) in [7, 11) is 3.32. The molecule has 0 atom stereocenters. The second-order valence-electron chi connectivity index (χ2n) is 6.45. The molecule has 1 aliphatic rings. The van der Waals surface area contributed by atoms with Crippen molar-refractivity contribution >= 4 is 23.5 Å². The zero-order valence-corrected chi connectivity index (χ0v) is 18.5. The van der Waals surface area contributed by atoms with Gasteiger partial charge in [-0.05, 0) is 60.6 Å². The van der Waals surface area contributed by atoms with Crippen LogP contribution in [0.25, 0.3) is 9.69 Å². The van der Waals surface area contributed by atoms with Gasteiger partial charge in [0.05, 0.1) is 24.0 Å². The molecule has 0 aromatic heterocycles. The molecule has 0 amide bonds. The minimum absolute atomic E-state index is 0.257. The van der Waals surface area contributed by atoms with Crippen LogP contribution in [0, 0.1) is 13.1 Å². The van der Waals surface area contributed by atoms with E-state index in [9.17, 15) is 0 Å². The topological polar surface area (TPSA) is 27.2 Å². The Labute approximate surface area is 182 Å². The summed E-state index contributed by atoms with van der Waals surface area (Å²) in [5.41, 5.74) is 0. The minimum Gasteiger partial charge on any atom is -0.496 e. The standard InChI is InChI=1S/C14H17NOS.C9H9NOS/c1-15-14(10-6-3-7-11-14)17-13-9-5-4-8-12(13)16-2;1-10-7-12-9-6-4-3-5-8(9)11-2/h4-5,8-9H,3,6-7,10-11H2,2H3;3-6H,7H2,2H3. The molecule has 29 heavy (non-hydrogen) atoms. The van der Waals surface area contributed by atoms with Crippen LogP contribution in [0.2, 0.25) is 0 Å². The fraction of sp³-hybridized carbons (Fsp3) is 0.391. The third-order valence-electron chi connectivity index (χ3n) is 4.56. The smallest absolute Gasteiger partial charge is 0.282 e. The second-order valence-corrected chi connectivity index (χ2v) is 8.84. The maximum absolute atomic E-state index is 7.49. The molecule has 0 heterocycles. The van der Waals surface area contributed by atoms with Crippen LogP contribution in [-0.4, -0.2) is 25.0 Å². The zero-order chi connectivity index (χ0) is 21.0. The van der Waals surface area contributed by atoms with E-state index in [0.717, 1.165) is 34.1 Å². The van der Waals surface area contributed by atoms with Crippen molar-refractivity contribution in [3.8, 4) is 11.5 Å². The first-order chi connectivity index (χ1) is 14.2. The largest absolute Gasteiger partial charge is 0.496 e. The Morgan fingerprint density at radius 1 is 0.862 bits per heavy atom. The number of thioether (sulfide) groups is 2. The van der Waals surface area contributed by atoms with E-state index >= 15 is 0 Å². The van der Waals surface area contributed by atoms with E-state index in [1.165, 1.54) is 31.0 Å². The van der Waals surface area contributed by atoms with Crippen LogP contribution in [0.5, 0.6) is 11.5 Å². The highest BCUT2D eigenvalue weighted by atomic mass is 32.2. The maximum atomic E-state index is 7.49. The molecule has 4 nitrogen and oxygen atoms in total. The van der Waals surface area contributed by atoms with Crippen molar-refractivity contribution in [1.82, 2.24) is 0 Å². The van der Waals surface area contributed by atoms with E-state index in [-0.39, 0.29) is 4.87 Å². The van der Waals surface area contributed by atoms with E-state index in [1.807, 2.05) is 48.5 Å². The number of nitrogens with zero attached hydrogens (tertiary/aromatic N) is 2. The zero-order valence-electron chi connectivity index (χ0n) is 16.9. The van der Waals surface area contributed by atoms with Gasteiger partial charge >= 0.3 is 0 Å². The highest BCUT2D eigenvalue weighted by Gasteiger charge is 2.40. The second kappa shape index (κ2) is 12.3. The van der Waals surface area contributed by atoms with Gasteiger partial charge in [-0.25, -0.2) is 13.1 Å². The van der Waals surface area contributed by atoms with Crippen molar-refractivity contribution in [3.63, 3.8) is 0 Å². The number of methoxy groups -OCH3 is 2. The van der Waals surface area contributed by atoms with E-state index in [1.54, 1.807) is 26.0 Å². The summed E-state index contributed by atoms with van der Waals surface area (Å²) in [5.74, 6) is 2.16. The molecule has 1 saturated carbocycles. The number of rotatable bonds is 6. The van der Waals surface area contributed by atoms with Crippen LogP contribution in [0.1, 0.15) is 32.1 Å². The van der Waals surface area contributed by atoms with Crippen molar-refractivity contribution in [1.29, 1.82) is 0 Å². The van der Waals surface area contributed by atoms with Gasteiger partial charge < -0.3 is 14.3 Å². The molecule has 0 aliphatic heterocycles. The Morgan fingerprint density at radius 2 is 1.41 bits per heavy atom. The Bertz CT molecular complexity index is 852. The summed E-state index contributed by atoms with van der Waals surface area (Å²) in [6.07, 6.45) is 5.61. The third kappa shape index (κ3) is 6.92. The van der Waals surface area contributed by atoms with Crippen LogP contribution in [0.3, 0.4) is 0 Å². The Morgan fingerprint density at radius 3 is 1.97 bits per heavy atom. The predicted molar refractivity (Wildman–Crippen MR) is 122 cm³/mol. The van der Waals surface area contributed by atoms with Crippen LogP contribution >= 0.6 is 23.5 Å². The van der Waals surface area contributed by atoms with Crippen molar-refractivity contribution < 1.29 is 9.47 Å². The lowest BCUT2D eigenvalue weighted by Gasteiger charge is -2.25. The van der Waals surface area contributed by atoms with Gasteiger partial charge in [0.1, 0.15) is 11.5 Å². The number of benzene rings is 2. The molecule has 152 valence electrons. The lowest BCUT2D eigenvalue weighted by Crippen LogP contribution is -2.23. The Hall–Kier alpha value is -2.28. The van der Waals surface area contributed by atoms with Gasteiger partial charge in [0.25, 0.3) is 10.7 Å². The molecular formula is C23H26N2O2S2. The fourth-order valence-corrected chi connectivity index (χ4v) is 5.11. The number of hydrogen-bond acceptors (Lipinski definition) is 4. The average Bonchev–Trinajstić information content (AvgIpc) is 2.79. The van der Waals surface area contributed by atoms with E-state index < -0.39 is 0 Å². The lowest BCUT2D eigenvalue weighted by atomic mass is 9.95. The van der Waals surface area contributed by atoms with Crippen molar-refractivity contribution in [2.24, 2.45) is 0 Å². The molecule has 0 radical (unpaired) electrons. The molecule has 2 aromatic carbocycles. The molecule has 1 fully saturated rings. The van der Waals surface area contributed by atoms with Crippen LogP contribution in [0.4, 0.5) is 0 Å². The van der Waals surface area contributed by atoms with Crippen molar-refractivity contribution in [3.05, 3.63) is 71.4 Å². The van der Waals surface area contributed by atoms with Gasteiger partial charge in [-0.15, -0.1) is 0 Å². The third-order valence-corrected chi connectivity index (χ3v) is 6.90. The summed E-state index contributed by atoms with van der Waals surface area (Å²) in [4.78, 5) is 9.03. The maximum Gasteiger partial charge on any atom is 0.282 e. The molecule has 6 heteroatoms. The van der Waals surface area contributed by atoms with Crippen LogP contribution in [0.15, 0.2) is 58.3 Å². The molecular weight excluding hydrogens is 400 g/mol. The molecule has 2 aromatic rings. The number of ether oxygens (including phenoxy) is 2. The summed E-state index contributed by atoms with van der Waals surface area (Å²) < 4.78 is 10.5. The monoisotopic (exact) mass is 426 g/mol. The van der Waals surface area contributed by atoms with Crippen LogP contribution in [-0.2, 0) is 0 Å². The first-order valence-corrected chi connectivity index (χ1v) is 11.3. The molecule has 0 bridgehead atoms. The Kier molecular flexibility index (Phi) is 9.77. The Balaban J connectivity index is 0.000000221. The lowest BCUT2D eigenvalue weighted by molar-refractivity contribution is 0.403. The average molecular weight is 427 g/mol. The summed E-state index contributed by atoms with van der Waals surface area (Å²) in [5, 5.41) is 0. The molecule has 3 rings (SSSR count). The molecule has 0 unspecified atom stereocenters. The van der Waals surface area contributed by atoms with Crippen LogP contribution < -0.4 is 9.47 Å². The summed E-state index contributed by atoms with van der Waals surface area (Å²) in [6, 6.07) is 15.7. The van der Waals surface area contributed by atoms with E-state index in [2.05, 4.69) is 9.69 Å². The fourth-order valence-electron chi connectivity index (χ4n) is 3.09. The highest BCUT2D eigenvalue weighted by molar-refractivity contribution is 8.01. The van der Waals surface area contributed by atoms with Gasteiger partial charge in [-0.3, -0.25) is 4.85 Å². The predicted octanol–water partition coefficient (Wildman–Crippen LogP) is 7.03. The summed E-state index contributed by atoms with van der Waals surface area (Å²) >= 11 is 3.18. The molecule has 1 aliphatic carbocycles. The SMILES string of the molecule is [C-]#[N+]C1(Sc2ccccc2OC)CCCCC1.[C-]#[N+]CSc1ccccc1OC.